The fourth-order valence-electron chi connectivity index (χ4n) is 2.30. The lowest BCUT2D eigenvalue weighted by Crippen LogP contribution is -2.27. The molecule has 0 saturated heterocycles. The van der Waals surface area contributed by atoms with Gasteiger partial charge >= 0.3 is 0 Å². The van der Waals surface area contributed by atoms with Crippen LogP contribution in [0.4, 0.5) is 0 Å². The number of halogens is 2. The number of sulfonamides is 1. The van der Waals surface area contributed by atoms with Gasteiger partial charge in [0, 0.05) is 22.2 Å². The molecule has 0 saturated carbocycles. The molecule has 0 unspecified atom stereocenters. The normalized spacial score (nSPS) is 11.4. The fraction of sp³-hybridized carbons (Fsp3) is 0.294. The van der Waals surface area contributed by atoms with Crippen molar-refractivity contribution in [3.05, 3.63) is 57.6 Å². The lowest BCUT2D eigenvalue weighted by Gasteiger charge is -2.11. The van der Waals surface area contributed by atoms with E-state index in [2.05, 4.69) is 4.72 Å². The van der Waals surface area contributed by atoms with Crippen LogP contribution >= 0.6 is 23.2 Å². The van der Waals surface area contributed by atoms with Crippen LogP contribution in [0.25, 0.3) is 0 Å². The minimum absolute atomic E-state index is 0.250. The minimum atomic E-state index is -3.55. The first-order valence-electron chi connectivity index (χ1n) is 7.47. The van der Waals surface area contributed by atoms with Crippen LogP contribution in [0.1, 0.15) is 11.1 Å². The molecule has 0 heterocycles. The molecule has 0 aliphatic carbocycles. The molecule has 0 radical (unpaired) electrons. The maximum absolute atomic E-state index is 12.2. The molecular weight excluding hydrogens is 385 g/mol. The largest absolute Gasteiger partial charge is 0.493 e. The molecule has 0 amide bonds. The third-order valence-corrected chi connectivity index (χ3v) is 5.60. The van der Waals surface area contributed by atoms with Crippen LogP contribution in [0.15, 0.2) is 36.4 Å². The first kappa shape index (κ1) is 19.8. The third kappa shape index (κ3) is 5.51. The molecule has 0 aliphatic rings. The predicted molar refractivity (Wildman–Crippen MR) is 100 cm³/mol. The minimum Gasteiger partial charge on any atom is -0.493 e. The molecule has 0 fully saturated rings. The molecule has 0 bridgehead atoms. The Labute approximate surface area is 157 Å². The van der Waals surface area contributed by atoms with Gasteiger partial charge < -0.3 is 9.47 Å². The average Bonchev–Trinajstić information content (AvgIpc) is 2.58. The van der Waals surface area contributed by atoms with Crippen molar-refractivity contribution in [1.29, 1.82) is 0 Å². The van der Waals surface area contributed by atoms with Crippen LogP contribution in [-0.4, -0.2) is 29.2 Å². The molecule has 0 aliphatic heterocycles. The Morgan fingerprint density at radius 3 is 2.24 bits per heavy atom. The summed E-state index contributed by atoms with van der Waals surface area (Å²) in [5.41, 5.74) is 1.32. The Morgan fingerprint density at radius 2 is 1.64 bits per heavy atom. The van der Waals surface area contributed by atoms with Gasteiger partial charge in [-0.15, -0.1) is 0 Å². The van der Waals surface area contributed by atoms with E-state index >= 15 is 0 Å². The standard InChI is InChI=1S/C17H19Cl2NO4S/c1-23-16-7-6-12(10-17(16)24-2)8-9-20-25(21,22)11-13-14(18)4-3-5-15(13)19/h3-7,10,20H,8-9,11H2,1-2H3. The molecule has 0 atom stereocenters. The van der Waals surface area contributed by atoms with Crippen molar-refractivity contribution in [3.63, 3.8) is 0 Å². The molecular formula is C17H19Cl2NO4S. The van der Waals surface area contributed by atoms with Gasteiger partial charge in [-0.25, -0.2) is 13.1 Å². The van der Waals surface area contributed by atoms with Gasteiger partial charge in [-0.3, -0.25) is 0 Å². The van der Waals surface area contributed by atoms with Crippen molar-refractivity contribution in [2.75, 3.05) is 20.8 Å². The van der Waals surface area contributed by atoms with E-state index in [9.17, 15) is 8.42 Å². The van der Waals surface area contributed by atoms with Crippen LogP contribution in [0, 0.1) is 0 Å². The van der Waals surface area contributed by atoms with E-state index in [4.69, 9.17) is 32.7 Å². The van der Waals surface area contributed by atoms with Crippen molar-refractivity contribution in [1.82, 2.24) is 4.72 Å². The van der Waals surface area contributed by atoms with Gasteiger partial charge in [-0.2, -0.15) is 0 Å². The summed E-state index contributed by atoms with van der Waals surface area (Å²) in [5, 5.41) is 0.663. The van der Waals surface area contributed by atoms with Gasteiger partial charge in [-0.05, 0) is 36.2 Å². The van der Waals surface area contributed by atoms with Gasteiger partial charge in [0.15, 0.2) is 11.5 Å². The summed E-state index contributed by atoms with van der Waals surface area (Å²) in [7, 11) is -0.439. The fourth-order valence-corrected chi connectivity index (χ4v) is 4.19. The first-order chi connectivity index (χ1) is 11.9. The zero-order valence-electron chi connectivity index (χ0n) is 13.9. The number of hydrogen-bond donors (Lipinski definition) is 1. The SMILES string of the molecule is COc1ccc(CCNS(=O)(=O)Cc2c(Cl)cccc2Cl)cc1OC. The van der Waals surface area contributed by atoms with E-state index in [0.29, 0.717) is 33.5 Å². The lowest BCUT2D eigenvalue weighted by atomic mass is 10.1. The predicted octanol–water partition coefficient (Wildman–Crippen LogP) is 3.67. The average molecular weight is 404 g/mol. The van der Waals surface area contributed by atoms with Gasteiger partial charge in [-0.1, -0.05) is 35.3 Å². The Hall–Kier alpha value is -1.47. The van der Waals surface area contributed by atoms with Gasteiger partial charge in [0.25, 0.3) is 0 Å². The Kier molecular flexibility index (Phi) is 6.95. The Balaban J connectivity index is 1.99. The van der Waals surface area contributed by atoms with Gasteiger partial charge in [0.05, 0.1) is 20.0 Å². The molecule has 5 nitrogen and oxygen atoms in total. The number of benzene rings is 2. The second-order valence-corrected chi connectivity index (χ2v) is 7.91. The first-order valence-corrected chi connectivity index (χ1v) is 9.88. The summed E-state index contributed by atoms with van der Waals surface area (Å²) < 4.78 is 37.5. The Morgan fingerprint density at radius 1 is 1.00 bits per heavy atom. The zero-order chi connectivity index (χ0) is 18.4. The van der Waals surface area contributed by atoms with Crippen LogP contribution in [-0.2, 0) is 22.2 Å². The number of rotatable bonds is 8. The van der Waals surface area contributed by atoms with E-state index in [-0.39, 0.29) is 12.3 Å². The van der Waals surface area contributed by atoms with Crippen LogP contribution < -0.4 is 14.2 Å². The summed E-state index contributed by atoms with van der Waals surface area (Å²) in [6.07, 6.45) is 0.510. The molecule has 25 heavy (non-hydrogen) atoms. The van der Waals surface area contributed by atoms with Gasteiger partial charge in [0.1, 0.15) is 0 Å². The molecule has 1 N–H and O–H groups in total. The van der Waals surface area contributed by atoms with Crippen LogP contribution in [0.5, 0.6) is 11.5 Å². The maximum atomic E-state index is 12.2. The number of methoxy groups -OCH3 is 2. The Bertz CT molecular complexity index is 820. The van der Waals surface area contributed by atoms with Crippen molar-refractivity contribution >= 4 is 33.2 Å². The van der Waals surface area contributed by atoms with Crippen molar-refractivity contribution in [2.24, 2.45) is 0 Å². The molecule has 2 rings (SSSR count). The molecule has 2 aromatic carbocycles. The number of hydrogen-bond acceptors (Lipinski definition) is 4. The summed E-state index contributed by atoms with van der Waals surface area (Å²) >= 11 is 12.1. The molecule has 8 heteroatoms. The summed E-state index contributed by atoms with van der Waals surface area (Å²) in [6, 6.07) is 10.4. The smallest absolute Gasteiger partial charge is 0.215 e. The highest BCUT2D eigenvalue weighted by atomic mass is 35.5. The van der Waals surface area contributed by atoms with Crippen molar-refractivity contribution in [2.45, 2.75) is 12.2 Å². The van der Waals surface area contributed by atoms with Crippen LogP contribution in [0.3, 0.4) is 0 Å². The number of nitrogens with one attached hydrogen (secondary N) is 1. The van der Waals surface area contributed by atoms with Crippen molar-refractivity contribution < 1.29 is 17.9 Å². The molecule has 0 aromatic heterocycles. The third-order valence-electron chi connectivity index (χ3n) is 3.58. The molecule has 136 valence electrons. The van der Waals surface area contributed by atoms with Crippen molar-refractivity contribution in [3.8, 4) is 11.5 Å². The quantitative estimate of drug-likeness (QED) is 0.729. The van der Waals surface area contributed by atoms with Gasteiger partial charge in [0.2, 0.25) is 10.0 Å². The number of ether oxygens (including phenoxy) is 2. The maximum Gasteiger partial charge on any atom is 0.215 e. The molecule has 0 spiro atoms. The lowest BCUT2D eigenvalue weighted by molar-refractivity contribution is 0.354. The van der Waals surface area contributed by atoms with Crippen LogP contribution in [0.2, 0.25) is 10.0 Å². The highest BCUT2D eigenvalue weighted by molar-refractivity contribution is 7.88. The van der Waals surface area contributed by atoms with E-state index in [1.807, 2.05) is 12.1 Å². The second-order valence-electron chi connectivity index (χ2n) is 5.29. The highest BCUT2D eigenvalue weighted by Gasteiger charge is 2.16. The highest BCUT2D eigenvalue weighted by Crippen LogP contribution is 2.28. The summed E-state index contributed by atoms with van der Waals surface area (Å²) in [4.78, 5) is 0. The zero-order valence-corrected chi connectivity index (χ0v) is 16.2. The van der Waals surface area contributed by atoms with E-state index < -0.39 is 10.0 Å². The van der Waals surface area contributed by atoms with E-state index in [0.717, 1.165) is 5.56 Å². The monoisotopic (exact) mass is 403 g/mol. The topological polar surface area (TPSA) is 64.6 Å². The molecule has 2 aromatic rings. The summed E-state index contributed by atoms with van der Waals surface area (Å²) in [5.74, 6) is 0.961. The van der Waals surface area contributed by atoms with E-state index in [1.54, 1.807) is 38.5 Å². The summed E-state index contributed by atoms with van der Waals surface area (Å²) in [6.45, 7) is 0.250. The second kappa shape index (κ2) is 8.76. The van der Waals surface area contributed by atoms with E-state index in [1.165, 1.54) is 0 Å².